The van der Waals surface area contributed by atoms with Crippen LogP contribution < -0.4 is 10.9 Å². The largest absolute Gasteiger partial charge is 0.377 e. The third-order valence-electron chi connectivity index (χ3n) is 4.48. The van der Waals surface area contributed by atoms with Crippen LogP contribution in [0.1, 0.15) is 29.4 Å². The molecule has 0 bridgehead atoms. The lowest BCUT2D eigenvalue weighted by Gasteiger charge is -2.21. The lowest BCUT2D eigenvalue weighted by molar-refractivity contribution is 0.182. The van der Waals surface area contributed by atoms with Crippen LogP contribution in [-0.4, -0.2) is 39.0 Å². The first kappa shape index (κ1) is 14.3. The Kier molecular flexibility index (Phi) is 3.57. The number of nitrogens with zero attached hydrogens (tertiary/aromatic N) is 4. The van der Waals surface area contributed by atoms with Crippen molar-refractivity contribution < 1.29 is 4.74 Å². The molecule has 3 heterocycles. The quantitative estimate of drug-likeness (QED) is 0.906. The Morgan fingerprint density at radius 2 is 2.17 bits per heavy atom. The van der Waals surface area contributed by atoms with Crippen molar-refractivity contribution in [3.8, 4) is 0 Å². The number of hydrogen-bond acceptors (Lipinski definition) is 6. The summed E-state index contributed by atoms with van der Waals surface area (Å²) in [4.78, 5) is 20.7. The van der Waals surface area contributed by atoms with Gasteiger partial charge in [-0.25, -0.2) is 14.6 Å². The molecule has 120 valence electrons. The van der Waals surface area contributed by atoms with E-state index in [2.05, 4.69) is 20.4 Å². The Morgan fingerprint density at radius 3 is 3.04 bits per heavy atom. The predicted octanol–water partition coefficient (Wildman–Crippen LogP) is 0.882. The summed E-state index contributed by atoms with van der Waals surface area (Å²) in [5.74, 6) is 0.743. The number of aryl methyl sites for hydroxylation is 3. The Hall–Kier alpha value is -2.28. The van der Waals surface area contributed by atoms with Gasteiger partial charge in [-0.3, -0.25) is 4.79 Å². The van der Waals surface area contributed by atoms with Gasteiger partial charge in [-0.2, -0.15) is 5.10 Å². The third kappa shape index (κ3) is 2.72. The van der Waals surface area contributed by atoms with E-state index in [1.165, 1.54) is 6.33 Å². The molecule has 1 aliphatic heterocycles. The van der Waals surface area contributed by atoms with Gasteiger partial charge in [-0.1, -0.05) is 0 Å². The molecule has 0 saturated carbocycles. The van der Waals surface area contributed by atoms with E-state index in [0.717, 1.165) is 42.0 Å². The second kappa shape index (κ2) is 5.73. The molecule has 1 N–H and O–H groups in total. The van der Waals surface area contributed by atoms with Gasteiger partial charge in [0.25, 0.3) is 5.56 Å². The fourth-order valence-electron chi connectivity index (χ4n) is 3.30. The van der Waals surface area contributed by atoms with Crippen molar-refractivity contribution in [1.82, 2.24) is 19.7 Å². The molecule has 2 aromatic rings. The van der Waals surface area contributed by atoms with E-state index in [4.69, 9.17) is 4.74 Å². The Morgan fingerprint density at radius 1 is 1.26 bits per heavy atom. The molecule has 0 aromatic carbocycles. The number of anilines is 1. The van der Waals surface area contributed by atoms with Crippen LogP contribution in [-0.2, 0) is 17.6 Å². The minimum atomic E-state index is -0.122. The van der Waals surface area contributed by atoms with Crippen molar-refractivity contribution in [3.05, 3.63) is 45.8 Å². The third-order valence-corrected chi connectivity index (χ3v) is 4.48. The van der Waals surface area contributed by atoms with E-state index in [1.54, 1.807) is 10.7 Å². The zero-order valence-electron chi connectivity index (χ0n) is 13.0. The molecule has 1 aliphatic carbocycles. The van der Waals surface area contributed by atoms with Crippen LogP contribution in [0.25, 0.3) is 0 Å². The van der Waals surface area contributed by atoms with Gasteiger partial charge in [0.15, 0.2) is 0 Å². The molecule has 7 heteroatoms. The minimum absolute atomic E-state index is 0.0334. The van der Waals surface area contributed by atoms with E-state index in [-0.39, 0.29) is 17.6 Å². The van der Waals surface area contributed by atoms with Crippen LogP contribution in [0.3, 0.4) is 0 Å². The summed E-state index contributed by atoms with van der Waals surface area (Å²) in [6.45, 7) is 2.92. The van der Waals surface area contributed by atoms with Crippen molar-refractivity contribution in [2.75, 3.05) is 18.5 Å². The summed E-state index contributed by atoms with van der Waals surface area (Å²) < 4.78 is 7.18. The fraction of sp³-hybridized carbons (Fsp3) is 0.500. The second-order valence-corrected chi connectivity index (χ2v) is 6.15. The highest BCUT2D eigenvalue weighted by atomic mass is 16.5. The highest BCUT2D eigenvalue weighted by Crippen LogP contribution is 2.23. The molecule has 1 fully saturated rings. The van der Waals surface area contributed by atoms with Gasteiger partial charge in [0, 0.05) is 17.8 Å². The summed E-state index contributed by atoms with van der Waals surface area (Å²) >= 11 is 0. The first-order valence-corrected chi connectivity index (χ1v) is 7.95. The van der Waals surface area contributed by atoms with E-state index < -0.39 is 0 Å². The van der Waals surface area contributed by atoms with E-state index in [0.29, 0.717) is 13.2 Å². The fourth-order valence-corrected chi connectivity index (χ4v) is 3.30. The SMILES string of the molecule is Cc1cc(NC2COCC2n2nc3c(cc2=O)CCC3)ncn1. The second-order valence-electron chi connectivity index (χ2n) is 6.15. The number of hydrogen-bond donors (Lipinski definition) is 1. The zero-order valence-corrected chi connectivity index (χ0v) is 13.0. The summed E-state index contributed by atoms with van der Waals surface area (Å²) in [6.07, 6.45) is 4.52. The lowest BCUT2D eigenvalue weighted by Crippen LogP contribution is -2.38. The van der Waals surface area contributed by atoms with Gasteiger partial charge in [-0.15, -0.1) is 0 Å². The van der Waals surface area contributed by atoms with E-state index in [9.17, 15) is 4.79 Å². The first-order valence-electron chi connectivity index (χ1n) is 7.95. The highest BCUT2D eigenvalue weighted by molar-refractivity contribution is 5.36. The maximum absolute atomic E-state index is 12.4. The Balaban J connectivity index is 1.62. The normalized spacial score (nSPS) is 23.0. The monoisotopic (exact) mass is 313 g/mol. The van der Waals surface area contributed by atoms with Gasteiger partial charge in [0.2, 0.25) is 0 Å². The van der Waals surface area contributed by atoms with Gasteiger partial charge in [-0.05, 0) is 31.7 Å². The molecular weight excluding hydrogens is 294 g/mol. The van der Waals surface area contributed by atoms with Gasteiger partial charge in [0.05, 0.1) is 24.9 Å². The van der Waals surface area contributed by atoms with Crippen molar-refractivity contribution in [1.29, 1.82) is 0 Å². The Labute approximate surface area is 133 Å². The molecule has 2 aliphatic rings. The van der Waals surface area contributed by atoms with Crippen LogP contribution in [0.5, 0.6) is 0 Å². The standard InChI is InChI=1S/C16H19N5O2/c1-10-5-15(18-9-17-10)19-13-7-23-8-14(13)21-16(22)6-11-3-2-4-12(11)20-21/h5-6,9,13-14H,2-4,7-8H2,1H3,(H,17,18,19). The lowest BCUT2D eigenvalue weighted by atomic mass is 10.1. The van der Waals surface area contributed by atoms with Crippen LogP contribution in [0, 0.1) is 6.92 Å². The summed E-state index contributed by atoms with van der Waals surface area (Å²) in [5, 5.41) is 7.95. The summed E-state index contributed by atoms with van der Waals surface area (Å²) in [6, 6.07) is 3.46. The molecule has 0 radical (unpaired) electrons. The van der Waals surface area contributed by atoms with Crippen molar-refractivity contribution in [2.24, 2.45) is 0 Å². The zero-order chi connectivity index (χ0) is 15.8. The number of rotatable bonds is 3. The molecule has 2 unspecified atom stereocenters. The van der Waals surface area contributed by atoms with Gasteiger partial charge < -0.3 is 10.1 Å². The smallest absolute Gasteiger partial charge is 0.267 e. The van der Waals surface area contributed by atoms with E-state index >= 15 is 0 Å². The molecule has 2 aromatic heterocycles. The molecule has 1 saturated heterocycles. The number of nitrogens with one attached hydrogen (secondary N) is 1. The van der Waals surface area contributed by atoms with Gasteiger partial charge >= 0.3 is 0 Å². The maximum Gasteiger partial charge on any atom is 0.267 e. The molecule has 0 amide bonds. The molecular formula is C16H19N5O2. The van der Waals surface area contributed by atoms with Gasteiger partial charge in [0.1, 0.15) is 18.2 Å². The van der Waals surface area contributed by atoms with Crippen molar-refractivity contribution in [2.45, 2.75) is 38.3 Å². The first-order chi connectivity index (χ1) is 11.2. The summed E-state index contributed by atoms with van der Waals surface area (Å²) in [7, 11) is 0. The van der Waals surface area contributed by atoms with E-state index in [1.807, 2.05) is 13.0 Å². The summed E-state index contributed by atoms with van der Waals surface area (Å²) in [5.41, 5.74) is 2.99. The number of fused-ring (bicyclic) bond motifs is 1. The topological polar surface area (TPSA) is 81.9 Å². The molecule has 7 nitrogen and oxygen atoms in total. The average Bonchev–Trinajstić information content (AvgIpc) is 3.15. The molecule has 2 atom stereocenters. The predicted molar refractivity (Wildman–Crippen MR) is 84.6 cm³/mol. The van der Waals surface area contributed by atoms with Crippen molar-refractivity contribution in [3.63, 3.8) is 0 Å². The maximum atomic E-state index is 12.4. The number of ether oxygens (including phenoxy) is 1. The number of aromatic nitrogens is 4. The van der Waals surface area contributed by atoms with Crippen LogP contribution in [0.2, 0.25) is 0 Å². The van der Waals surface area contributed by atoms with Crippen molar-refractivity contribution >= 4 is 5.82 Å². The van der Waals surface area contributed by atoms with Crippen LogP contribution >= 0.6 is 0 Å². The molecule has 0 spiro atoms. The molecule has 23 heavy (non-hydrogen) atoms. The highest BCUT2D eigenvalue weighted by Gasteiger charge is 2.32. The van der Waals surface area contributed by atoms with Crippen LogP contribution in [0.15, 0.2) is 23.3 Å². The average molecular weight is 313 g/mol. The van der Waals surface area contributed by atoms with Crippen LogP contribution in [0.4, 0.5) is 5.82 Å². The minimum Gasteiger partial charge on any atom is -0.377 e. The Bertz CT molecular complexity index is 788. The molecule has 4 rings (SSSR count).